The van der Waals surface area contributed by atoms with Crippen molar-refractivity contribution in [3.8, 4) is 17.2 Å². The highest BCUT2D eigenvalue weighted by Crippen LogP contribution is 2.30. The third kappa shape index (κ3) is 6.43. The van der Waals surface area contributed by atoms with Gasteiger partial charge in [-0.1, -0.05) is 12.0 Å². The van der Waals surface area contributed by atoms with Crippen molar-refractivity contribution in [2.45, 2.75) is 58.9 Å². The molecule has 0 radical (unpaired) electrons. The molecule has 2 aromatic heterocycles. The van der Waals surface area contributed by atoms with Crippen molar-refractivity contribution in [2.75, 3.05) is 29.9 Å². The Hall–Kier alpha value is -3.30. The molecule has 1 saturated heterocycles. The highest BCUT2D eigenvalue weighted by atomic mass is 19.1. The zero-order chi connectivity index (χ0) is 24.8. The van der Waals surface area contributed by atoms with E-state index in [1.165, 1.54) is 0 Å². The average molecular weight is 487 g/mol. The van der Waals surface area contributed by atoms with Crippen LogP contribution >= 0.6 is 0 Å². The lowest BCUT2D eigenvalue weighted by Crippen LogP contribution is -2.35. The van der Waals surface area contributed by atoms with Crippen LogP contribution in [0.2, 0.25) is 0 Å². The molecule has 3 aromatic rings. The fourth-order valence-corrected chi connectivity index (χ4v) is 4.14. The first-order valence-electron chi connectivity index (χ1n) is 12.2. The number of benzene rings is 1. The molecule has 0 saturated carbocycles. The molecule has 1 N–H and O–H groups in total. The number of hydrogen-bond donors (Lipinski definition) is 1. The highest BCUT2D eigenvalue weighted by Gasteiger charge is 2.22. The lowest BCUT2D eigenvalue weighted by molar-refractivity contribution is 0.277. The minimum absolute atomic E-state index is 0.0493. The Kier molecular flexibility index (Phi) is 8.09. The van der Waals surface area contributed by atoms with Crippen molar-refractivity contribution < 1.29 is 17.9 Å². The van der Waals surface area contributed by atoms with Gasteiger partial charge in [0.25, 0.3) is 5.89 Å². The third-order valence-electron chi connectivity index (χ3n) is 6.09. The lowest BCUT2D eigenvalue weighted by atomic mass is 9.92. The largest absolute Gasteiger partial charge is 0.493 e. The van der Waals surface area contributed by atoms with Crippen molar-refractivity contribution in [1.82, 2.24) is 20.2 Å². The zero-order valence-corrected chi connectivity index (χ0v) is 20.4. The van der Waals surface area contributed by atoms with Gasteiger partial charge in [-0.25, -0.2) is 18.7 Å². The Morgan fingerprint density at radius 1 is 1.11 bits per heavy atom. The summed E-state index contributed by atoms with van der Waals surface area (Å²) in [7, 11) is 0. The molecule has 0 spiro atoms. The predicted molar refractivity (Wildman–Crippen MR) is 129 cm³/mol. The highest BCUT2D eigenvalue weighted by molar-refractivity contribution is 5.57. The fourth-order valence-electron chi connectivity index (χ4n) is 4.14. The molecule has 1 fully saturated rings. The first-order valence-corrected chi connectivity index (χ1v) is 12.2. The topological polar surface area (TPSA) is 89.2 Å². The van der Waals surface area contributed by atoms with Gasteiger partial charge in [0.15, 0.2) is 0 Å². The third-order valence-corrected chi connectivity index (χ3v) is 6.09. The molecule has 0 amide bonds. The Bertz CT molecular complexity index is 1070. The van der Waals surface area contributed by atoms with Gasteiger partial charge in [0, 0.05) is 43.7 Å². The minimum atomic E-state index is -0.804. The fraction of sp³-hybridized carbons (Fsp3) is 0.520. The lowest BCUT2D eigenvalue weighted by Gasteiger charge is -2.32. The van der Waals surface area contributed by atoms with E-state index in [9.17, 15) is 8.78 Å². The molecule has 0 atom stereocenters. The molecule has 35 heavy (non-hydrogen) atoms. The number of nitrogens with one attached hydrogen (secondary N) is 1. The maximum Gasteiger partial charge on any atom is 0.315 e. The smallest absolute Gasteiger partial charge is 0.315 e. The molecule has 0 unspecified atom stereocenters. The van der Waals surface area contributed by atoms with Crippen LogP contribution in [0.4, 0.5) is 20.7 Å². The standard InChI is InChI=1S/C25H32F2N6O2/c1-4-17-14-28-24(29-15-17)33-9-7-18(8-10-33)6-5-11-34-19-12-20(26)22(21(27)13-19)23-31-32-25(35-23)30-16(2)3/h12-16,18H,4-11H2,1-3H3,(H,30,32). The van der Waals surface area contributed by atoms with Crippen LogP contribution in [0.25, 0.3) is 11.5 Å². The maximum absolute atomic E-state index is 14.6. The summed E-state index contributed by atoms with van der Waals surface area (Å²) in [5.41, 5.74) is 0.780. The van der Waals surface area contributed by atoms with Crippen LogP contribution in [0.3, 0.4) is 0 Å². The number of halogens is 2. The van der Waals surface area contributed by atoms with Gasteiger partial charge in [-0.15, -0.1) is 5.10 Å². The first-order chi connectivity index (χ1) is 16.9. The second kappa shape index (κ2) is 11.4. The molecule has 8 nitrogen and oxygen atoms in total. The second-order valence-corrected chi connectivity index (χ2v) is 9.14. The molecule has 10 heteroatoms. The molecule has 1 aliphatic heterocycles. The number of hydrogen-bond acceptors (Lipinski definition) is 8. The Morgan fingerprint density at radius 3 is 2.43 bits per heavy atom. The van der Waals surface area contributed by atoms with Crippen molar-refractivity contribution in [1.29, 1.82) is 0 Å². The average Bonchev–Trinajstić information content (AvgIpc) is 3.29. The van der Waals surface area contributed by atoms with E-state index in [0.29, 0.717) is 12.5 Å². The molecule has 4 rings (SSSR count). The van der Waals surface area contributed by atoms with E-state index in [1.54, 1.807) is 0 Å². The summed E-state index contributed by atoms with van der Waals surface area (Å²) >= 11 is 0. The molecule has 188 valence electrons. The molecular formula is C25H32F2N6O2. The SMILES string of the molecule is CCc1cnc(N2CCC(CCCOc3cc(F)c(-c4nnc(NC(C)C)o4)c(F)c3)CC2)nc1. The van der Waals surface area contributed by atoms with Crippen LogP contribution in [-0.4, -0.2) is 45.9 Å². The van der Waals surface area contributed by atoms with Crippen LogP contribution in [-0.2, 0) is 6.42 Å². The summed E-state index contributed by atoms with van der Waals surface area (Å²) in [4.78, 5) is 11.2. The van der Waals surface area contributed by atoms with Gasteiger partial charge in [-0.2, -0.15) is 0 Å². The van der Waals surface area contributed by atoms with Gasteiger partial charge in [0.1, 0.15) is 22.9 Å². The second-order valence-electron chi connectivity index (χ2n) is 9.14. The van der Waals surface area contributed by atoms with Crippen molar-refractivity contribution in [3.63, 3.8) is 0 Å². The van der Waals surface area contributed by atoms with Crippen molar-refractivity contribution in [3.05, 3.63) is 41.7 Å². The van der Waals surface area contributed by atoms with E-state index < -0.39 is 11.6 Å². The predicted octanol–water partition coefficient (Wildman–Crippen LogP) is 5.26. The van der Waals surface area contributed by atoms with Crippen LogP contribution < -0.4 is 15.0 Å². The summed E-state index contributed by atoms with van der Waals surface area (Å²) in [5.74, 6) is -0.294. The normalized spacial score (nSPS) is 14.5. The van der Waals surface area contributed by atoms with Crippen LogP contribution in [0.5, 0.6) is 5.75 Å². The van der Waals surface area contributed by atoms with Crippen LogP contribution in [0.15, 0.2) is 28.9 Å². The van der Waals surface area contributed by atoms with Gasteiger partial charge in [-0.05, 0) is 57.4 Å². The number of piperidine rings is 1. The van der Waals surface area contributed by atoms with E-state index in [0.717, 1.165) is 68.8 Å². The van der Waals surface area contributed by atoms with E-state index in [1.807, 2.05) is 26.2 Å². The van der Waals surface area contributed by atoms with Gasteiger partial charge in [0.05, 0.1) is 6.61 Å². The molecular weight excluding hydrogens is 454 g/mol. The minimum Gasteiger partial charge on any atom is -0.493 e. The number of ether oxygens (including phenoxy) is 1. The summed E-state index contributed by atoms with van der Waals surface area (Å²) in [6.07, 6.45) is 8.67. The van der Waals surface area contributed by atoms with E-state index in [4.69, 9.17) is 9.15 Å². The monoisotopic (exact) mass is 486 g/mol. The maximum atomic E-state index is 14.6. The number of nitrogens with zero attached hydrogens (tertiary/aromatic N) is 5. The molecule has 0 bridgehead atoms. The van der Waals surface area contributed by atoms with E-state index >= 15 is 0 Å². The van der Waals surface area contributed by atoms with Crippen molar-refractivity contribution >= 4 is 12.0 Å². The summed E-state index contributed by atoms with van der Waals surface area (Å²) < 4.78 is 40.2. The number of anilines is 2. The summed E-state index contributed by atoms with van der Waals surface area (Å²) in [6, 6.07) is 2.47. The molecule has 3 heterocycles. The Labute approximate surface area is 204 Å². The van der Waals surface area contributed by atoms with Crippen LogP contribution in [0.1, 0.15) is 52.0 Å². The number of aryl methyl sites for hydroxylation is 1. The Balaban J connectivity index is 1.23. The zero-order valence-electron chi connectivity index (χ0n) is 20.4. The van der Waals surface area contributed by atoms with Gasteiger partial charge < -0.3 is 19.4 Å². The summed E-state index contributed by atoms with van der Waals surface area (Å²) in [5, 5.41) is 10.4. The Morgan fingerprint density at radius 2 is 1.80 bits per heavy atom. The van der Waals surface area contributed by atoms with Crippen LogP contribution in [0, 0.1) is 17.6 Å². The summed E-state index contributed by atoms with van der Waals surface area (Å²) in [6.45, 7) is 8.12. The van der Waals surface area contributed by atoms with Crippen molar-refractivity contribution in [2.24, 2.45) is 5.92 Å². The molecule has 1 aliphatic rings. The van der Waals surface area contributed by atoms with Gasteiger partial charge in [0.2, 0.25) is 5.95 Å². The quantitative estimate of drug-likeness (QED) is 0.388. The molecule has 0 aliphatic carbocycles. The van der Waals surface area contributed by atoms with E-state index in [-0.39, 0.29) is 29.3 Å². The molecule has 1 aromatic carbocycles. The van der Waals surface area contributed by atoms with E-state index in [2.05, 4.69) is 37.3 Å². The van der Waals surface area contributed by atoms with Gasteiger partial charge in [-0.3, -0.25) is 0 Å². The number of aromatic nitrogens is 4. The van der Waals surface area contributed by atoms with Gasteiger partial charge >= 0.3 is 6.01 Å². The number of rotatable bonds is 10. The first kappa shape index (κ1) is 24.8.